The van der Waals surface area contributed by atoms with E-state index in [9.17, 15) is 4.79 Å². The Morgan fingerprint density at radius 1 is 0.920 bits per heavy atom. The highest BCUT2D eigenvalue weighted by Gasteiger charge is 2.41. The van der Waals surface area contributed by atoms with Crippen LogP contribution in [0.1, 0.15) is 51.9 Å². The average Bonchev–Trinajstić information content (AvgIpc) is 2.62. The van der Waals surface area contributed by atoms with Crippen molar-refractivity contribution in [2.75, 3.05) is 46.3 Å². The summed E-state index contributed by atoms with van der Waals surface area (Å²) in [5, 5.41) is 0. The second-order valence-electron chi connectivity index (χ2n) is 8.48. The quantitative estimate of drug-likeness (QED) is 0.822. The van der Waals surface area contributed by atoms with Crippen molar-refractivity contribution in [1.82, 2.24) is 14.7 Å². The van der Waals surface area contributed by atoms with E-state index >= 15 is 0 Å². The molecule has 2 saturated heterocycles. The van der Waals surface area contributed by atoms with Crippen molar-refractivity contribution in [3.05, 3.63) is 0 Å². The zero-order valence-corrected chi connectivity index (χ0v) is 16.9. The van der Waals surface area contributed by atoms with Crippen molar-refractivity contribution in [3.8, 4) is 0 Å². The van der Waals surface area contributed by atoms with Gasteiger partial charge in [0.15, 0.2) is 0 Å². The second-order valence-corrected chi connectivity index (χ2v) is 8.48. The molecule has 0 radical (unpaired) electrons. The highest BCUT2D eigenvalue weighted by molar-refractivity contribution is 5.86. The van der Waals surface area contributed by atoms with Crippen LogP contribution in [0.25, 0.3) is 0 Å². The molecule has 6 heteroatoms. The van der Waals surface area contributed by atoms with Crippen LogP contribution in [0.2, 0.25) is 0 Å². The average molecular weight is 373 g/mol. The third kappa shape index (κ3) is 4.88. The van der Waals surface area contributed by atoms with Gasteiger partial charge in [0.25, 0.3) is 0 Å². The summed E-state index contributed by atoms with van der Waals surface area (Å²) in [4.78, 5) is 20.1. The van der Waals surface area contributed by atoms with Crippen LogP contribution in [-0.2, 0) is 4.79 Å². The fraction of sp³-hybridized carbons (Fsp3) is 0.947. The first-order valence-electron chi connectivity index (χ1n) is 9.99. The number of amides is 1. The maximum Gasteiger partial charge on any atom is 0.242 e. The van der Waals surface area contributed by atoms with E-state index in [2.05, 4.69) is 16.8 Å². The predicted octanol–water partition coefficient (Wildman–Crippen LogP) is 1.94. The molecule has 2 aliphatic heterocycles. The number of piperazine rings is 1. The number of halogens is 1. The largest absolute Gasteiger partial charge is 0.339 e. The molecule has 0 bridgehead atoms. The summed E-state index contributed by atoms with van der Waals surface area (Å²) in [5.41, 5.74) is 5.88. The third-order valence-corrected chi connectivity index (χ3v) is 6.72. The Kier molecular flexibility index (Phi) is 7.56. The Labute approximate surface area is 159 Å². The monoisotopic (exact) mass is 372 g/mol. The number of hydrogen-bond donors (Lipinski definition) is 1. The molecule has 0 aromatic carbocycles. The fourth-order valence-corrected chi connectivity index (χ4v) is 4.87. The Bertz CT molecular complexity index is 423. The minimum atomic E-state index is -0.670. The molecule has 1 aliphatic carbocycles. The molecule has 0 unspecified atom stereocenters. The Balaban J connectivity index is 0.00000225. The summed E-state index contributed by atoms with van der Waals surface area (Å²) in [5.74, 6) is 0.558. The fourth-order valence-electron chi connectivity index (χ4n) is 4.87. The van der Waals surface area contributed by atoms with E-state index in [-0.39, 0.29) is 18.3 Å². The molecule has 2 N–H and O–H groups in total. The predicted molar refractivity (Wildman–Crippen MR) is 105 cm³/mol. The lowest BCUT2D eigenvalue weighted by Gasteiger charge is -2.45. The van der Waals surface area contributed by atoms with E-state index in [4.69, 9.17) is 5.73 Å². The first-order valence-corrected chi connectivity index (χ1v) is 9.99. The molecule has 1 amide bonds. The van der Waals surface area contributed by atoms with E-state index in [1.165, 1.54) is 45.2 Å². The van der Waals surface area contributed by atoms with Gasteiger partial charge in [-0.15, -0.1) is 12.4 Å². The first kappa shape index (κ1) is 20.9. The molecule has 3 fully saturated rings. The van der Waals surface area contributed by atoms with E-state index in [0.717, 1.165) is 39.0 Å². The highest BCUT2D eigenvalue weighted by Crippen LogP contribution is 2.32. The number of piperidine rings is 1. The standard InChI is InChI=1S/C19H36N4O.ClH/c1-19(20,16-6-4-3-5-7-16)18(24)23-14-12-22(13-15-23)17-8-10-21(2)11-9-17;/h16-17H,3-15,20H2,1-2H3;1H/t19-;/m0./s1. The Morgan fingerprint density at radius 3 is 2.04 bits per heavy atom. The summed E-state index contributed by atoms with van der Waals surface area (Å²) >= 11 is 0. The van der Waals surface area contributed by atoms with Gasteiger partial charge in [0, 0.05) is 32.2 Å². The molecule has 0 spiro atoms. The molecule has 3 rings (SSSR count). The zero-order chi connectivity index (χ0) is 17.2. The molecule has 0 aromatic heterocycles. The van der Waals surface area contributed by atoms with Gasteiger partial charge in [-0.05, 0) is 58.7 Å². The van der Waals surface area contributed by atoms with E-state index in [1.807, 2.05) is 11.8 Å². The van der Waals surface area contributed by atoms with Gasteiger partial charge in [-0.3, -0.25) is 9.69 Å². The van der Waals surface area contributed by atoms with Crippen molar-refractivity contribution in [1.29, 1.82) is 0 Å². The van der Waals surface area contributed by atoms with Gasteiger partial charge < -0.3 is 15.5 Å². The van der Waals surface area contributed by atoms with Crippen LogP contribution >= 0.6 is 12.4 Å². The van der Waals surface area contributed by atoms with Crippen molar-refractivity contribution >= 4 is 18.3 Å². The lowest BCUT2D eigenvalue weighted by Crippen LogP contribution is -2.62. The topological polar surface area (TPSA) is 52.8 Å². The van der Waals surface area contributed by atoms with Crippen LogP contribution in [0.15, 0.2) is 0 Å². The van der Waals surface area contributed by atoms with Gasteiger partial charge in [-0.1, -0.05) is 19.3 Å². The van der Waals surface area contributed by atoms with Gasteiger partial charge in [0.1, 0.15) is 0 Å². The number of nitrogens with zero attached hydrogens (tertiary/aromatic N) is 3. The summed E-state index contributed by atoms with van der Waals surface area (Å²) in [7, 11) is 2.21. The Morgan fingerprint density at radius 2 is 1.48 bits per heavy atom. The van der Waals surface area contributed by atoms with Crippen LogP contribution in [0, 0.1) is 5.92 Å². The molecular weight excluding hydrogens is 336 g/mol. The number of likely N-dealkylation sites (tertiary alicyclic amines) is 1. The highest BCUT2D eigenvalue weighted by atomic mass is 35.5. The van der Waals surface area contributed by atoms with Crippen molar-refractivity contribution in [3.63, 3.8) is 0 Å². The zero-order valence-electron chi connectivity index (χ0n) is 16.1. The van der Waals surface area contributed by atoms with Gasteiger partial charge in [-0.25, -0.2) is 0 Å². The minimum Gasteiger partial charge on any atom is -0.339 e. The molecule has 3 aliphatic rings. The van der Waals surface area contributed by atoms with Crippen LogP contribution in [0.4, 0.5) is 0 Å². The third-order valence-electron chi connectivity index (χ3n) is 6.72. The smallest absolute Gasteiger partial charge is 0.242 e. The molecule has 1 saturated carbocycles. The number of nitrogens with two attached hydrogens (primary N) is 1. The first-order chi connectivity index (χ1) is 11.5. The molecule has 25 heavy (non-hydrogen) atoms. The van der Waals surface area contributed by atoms with Crippen molar-refractivity contribution < 1.29 is 4.79 Å². The summed E-state index contributed by atoms with van der Waals surface area (Å²) in [6.07, 6.45) is 8.53. The van der Waals surface area contributed by atoms with Crippen LogP contribution in [0.5, 0.6) is 0 Å². The maximum atomic E-state index is 13.0. The Hall–Kier alpha value is -0.360. The summed E-state index contributed by atoms with van der Waals surface area (Å²) in [6.45, 7) is 8.12. The number of carbonyl (C=O) groups is 1. The molecule has 146 valence electrons. The van der Waals surface area contributed by atoms with Crippen molar-refractivity contribution in [2.45, 2.75) is 63.5 Å². The molecule has 5 nitrogen and oxygen atoms in total. The van der Waals surface area contributed by atoms with Gasteiger partial charge >= 0.3 is 0 Å². The molecular formula is C19H37ClN4O. The molecule has 2 heterocycles. The lowest BCUT2D eigenvalue weighted by molar-refractivity contribution is -0.141. The van der Waals surface area contributed by atoms with Gasteiger partial charge in [-0.2, -0.15) is 0 Å². The van der Waals surface area contributed by atoms with E-state index in [1.54, 1.807) is 0 Å². The number of hydrogen-bond acceptors (Lipinski definition) is 4. The minimum absolute atomic E-state index is 0. The summed E-state index contributed by atoms with van der Waals surface area (Å²) in [6, 6.07) is 0.709. The van der Waals surface area contributed by atoms with Crippen LogP contribution in [0.3, 0.4) is 0 Å². The number of carbonyl (C=O) groups excluding carboxylic acids is 1. The van der Waals surface area contributed by atoms with E-state index in [0.29, 0.717) is 12.0 Å². The maximum absolute atomic E-state index is 13.0. The second kappa shape index (κ2) is 9.03. The molecule has 0 aromatic rings. The van der Waals surface area contributed by atoms with Crippen molar-refractivity contribution in [2.24, 2.45) is 11.7 Å². The molecule has 1 atom stereocenters. The SMILES string of the molecule is CN1CCC(N2CCN(C(=O)[C@@](C)(N)C3CCCCC3)CC2)CC1.Cl. The van der Waals surface area contributed by atoms with Crippen LogP contribution < -0.4 is 5.73 Å². The van der Waals surface area contributed by atoms with Crippen LogP contribution in [-0.4, -0.2) is 78.5 Å². The van der Waals surface area contributed by atoms with E-state index < -0.39 is 5.54 Å². The lowest BCUT2D eigenvalue weighted by atomic mass is 9.75. The van der Waals surface area contributed by atoms with Gasteiger partial charge in [0.05, 0.1) is 5.54 Å². The van der Waals surface area contributed by atoms with Gasteiger partial charge in [0.2, 0.25) is 5.91 Å². The normalized spacial score (nSPS) is 27.6. The number of rotatable bonds is 3. The summed E-state index contributed by atoms with van der Waals surface area (Å²) < 4.78 is 0.